The number of nitrogens with one attached hydrogen (secondary N) is 2. The van der Waals surface area contributed by atoms with Gasteiger partial charge in [-0.3, -0.25) is 10.1 Å². The molecule has 2 N–H and O–H groups in total. The van der Waals surface area contributed by atoms with Crippen molar-refractivity contribution < 1.29 is 13.9 Å². The third kappa shape index (κ3) is 4.81. The molecule has 0 bridgehead atoms. The third-order valence-electron chi connectivity index (χ3n) is 4.76. The molecular formula is C24H20BrN3O3S. The van der Waals surface area contributed by atoms with Crippen molar-refractivity contribution in [2.45, 2.75) is 13.8 Å². The summed E-state index contributed by atoms with van der Waals surface area (Å²) in [5.41, 5.74) is 5.73. The van der Waals surface area contributed by atoms with Gasteiger partial charge < -0.3 is 14.5 Å². The van der Waals surface area contributed by atoms with Crippen LogP contribution in [-0.2, 0) is 0 Å². The number of ether oxygens (including phenoxy) is 1. The van der Waals surface area contributed by atoms with Crippen LogP contribution in [0.5, 0.6) is 5.75 Å². The average Bonchev–Trinajstić information content (AvgIpc) is 3.16. The molecule has 0 aliphatic heterocycles. The van der Waals surface area contributed by atoms with Gasteiger partial charge in [0.05, 0.1) is 11.6 Å². The maximum atomic E-state index is 12.5. The molecule has 0 fully saturated rings. The molecule has 1 heterocycles. The molecule has 32 heavy (non-hydrogen) atoms. The molecule has 0 spiro atoms. The summed E-state index contributed by atoms with van der Waals surface area (Å²) >= 11 is 8.68. The number of oxazole rings is 1. The zero-order valence-electron chi connectivity index (χ0n) is 17.7. The number of rotatable bonds is 4. The van der Waals surface area contributed by atoms with E-state index in [1.165, 1.54) is 0 Å². The number of halogens is 1. The standard InChI is InChI=1S/C24H20BrN3O3S/c1-13-8-14(2)10-16(9-13)23-27-19-12-17(5-7-21(19)31-23)26-24(32)28-22(29)15-4-6-20(30-3)18(25)11-15/h4-12H,1-3H3,(H2,26,28,29,32). The minimum Gasteiger partial charge on any atom is -0.496 e. The van der Waals surface area contributed by atoms with E-state index in [4.69, 9.17) is 21.4 Å². The van der Waals surface area contributed by atoms with Crippen LogP contribution in [0.3, 0.4) is 0 Å². The molecule has 0 radical (unpaired) electrons. The maximum Gasteiger partial charge on any atom is 0.257 e. The van der Waals surface area contributed by atoms with E-state index in [1.54, 1.807) is 25.3 Å². The quantitative estimate of drug-likeness (QED) is 0.328. The van der Waals surface area contributed by atoms with Gasteiger partial charge in [-0.2, -0.15) is 0 Å². The highest BCUT2D eigenvalue weighted by atomic mass is 79.9. The van der Waals surface area contributed by atoms with Crippen molar-refractivity contribution in [2.75, 3.05) is 12.4 Å². The van der Waals surface area contributed by atoms with Gasteiger partial charge in [0.25, 0.3) is 5.91 Å². The molecule has 0 aliphatic carbocycles. The lowest BCUT2D eigenvalue weighted by Crippen LogP contribution is -2.34. The summed E-state index contributed by atoms with van der Waals surface area (Å²) in [6, 6.07) is 16.7. The Labute approximate surface area is 199 Å². The van der Waals surface area contributed by atoms with E-state index < -0.39 is 0 Å². The summed E-state index contributed by atoms with van der Waals surface area (Å²) in [5, 5.41) is 5.88. The van der Waals surface area contributed by atoms with E-state index in [-0.39, 0.29) is 11.0 Å². The van der Waals surface area contributed by atoms with Crippen LogP contribution >= 0.6 is 28.1 Å². The molecule has 1 amide bonds. The Morgan fingerprint density at radius 2 is 1.81 bits per heavy atom. The van der Waals surface area contributed by atoms with Crippen LogP contribution in [0.4, 0.5) is 5.69 Å². The first kappa shape index (κ1) is 22.0. The molecule has 3 aromatic carbocycles. The molecule has 0 saturated heterocycles. The number of aryl methyl sites for hydroxylation is 2. The summed E-state index contributed by atoms with van der Waals surface area (Å²) in [5.74, 6) is 0.874. The van der Waals surface area contributed by atoms with Gasteiger partial charge in [-0.05, 0) is 90.5 Å². The van der Waals surface area contributed by atoms with Crippen molar-refractivity contribution in [2.24, 2.45) is 0 Å². The van der Waals surface area contributed by atoms with Crippen LogP contribution in [0.1, 0.15) is 21.5 Å². The van der Waals surface area contributed by atoms with Crippen molar-refractivity contribution in [3.8, 4) is 17.2 Å². The monoisotopic (exact) mass is 509 g/mol. The lowest BCUT2D eigenvalue weighted by Gasteiger charge is -2.10. The zero-order chi connectivity index (χ0) is 22.8. The Morgan fingerprint density at radius 1 is 1.06 bits per heavy atom. The van der Waals surface area contributed by atoms with E-state index in [2.05, 4.69) is 37.6 Å². The van der Waals surface area contributed by atoms with E-state index in [9.17, 15) is 4.79 Å². The van der Waals surface area contributed by atoms with Crippen molar-refractivity contribution >= 4 is 56.0 Å². The average molecular weight is 510 g/mol. The fraction of sp³-hybridized carbons (Fsp3) is 0.125. The predicted octanol–water partition coefficient (Wildman–Crippen LogP) is 6.01. The molecule has 162 valence electrons. The normalized spacial score (nSPS) is 10.8. The van der Waals surface area contributed by atoms with Gasteiger partial charge in [0.2, 0.25) is 5.89 Å². The van der Waals surface area contributed by atoms with Gasteiger partial charge in [0.15, 0.2) is 10.7 Å². The summed E-state index contributed by atoms with van der Waals surface area (Å²) in [6.45, 7) is 4.09. The molecule has 6 nitrogen and oxygen atoms in total. The zero-order valence-corrected chi connectivity index (χ0v) is 20.1. The number of hydrogen-bond donors (Lipinski definition) is 2. The molecular weight excluding hydrogens is 490 g/mol. The van der Waals surface area contributed by atoms with Crippen LogP contribution in [-0.4, -0.2) is 23.1 Å². The highest BCUT2D eigenvalue weighted by Gasteiger charge is 2.13. The predicted molar refractivity (Wildman–Crippen MR) is 133 cm³/mol. The first-order valence-corrected chi connectivity index (χ1v) is 11.0. The van der Waals surface area contributed by atoms with E-state index in [0.29, 0.717) is 38.5 Å². The summed E-state index contributed by atoms with van der Waals surface area (Å²) < 4.78 is 11.8. The summed E-state index contributed by atoms with van der Waals surface area (Å²) in [4.78, 5) is 17.1. The fourth-order valence-corrected chi connectivity index (χ4v) is 4.12. The van der Waals surface area contributed by atoms with Crippen LogP contribution in [0.25, 0.3) is 22.6 Å². The molecule has 4 aromatic rings. The highest BCUT2D eigenvalue weighted by Crippen LogP contribution is 2.28. The Morgan fingerprint density at radius 3 is 2.50 bits per heavy atom. The minimum atomic E-state index is -0.328. The number of benzene rings is 3. The lowest BCUT2D eigenvalue weighted by molar-refractivity contribution is 0.0977. The summed E-state index contributed by atoms with van der Waals surface area (Å²) in [7, 11) is 1.56. The van der Waals surface area contributed by atoms with Crippen LogP contribution < -0.4 is 15.4 Å². The van der Waals surface area contributed by atoms with Crippen LogP contribution in [0.2, 0.25) is 0 Å². The smallest absolute Gasteiger partial charge is 0.257 e. The van der Waals surface area contributed by atoms with Crippen LogP contribution in [0.15, 0.2) is 63.5 Å². The number of methoxy groups -OCH3 is 1. The number of carbonyl (C=O) groups excluding carboxylic acids is 1. The van der Waals surface area contributed by atoms with E-state index in [1.807, 2.05) is 44.2 Å². The summed E-state index contributed by atoms with van der Waals surface area (Å²) in [6.07, 6.45) is 0. The van der Waals surface area contributed by atoms with Gasteiger partial charge >= 0.3 is 0 Å². The van der Waals surface area contributed by atoms with Crippen LogP contribution in [0, 0.1) is 13.8 Å². The number of carbonyl (C=O) groups is 1. The van der Waals surface area contributed by atoms with Gasteiger partial charge in [0, 0.05) is 16.8 Å². The number of nitrogens with zero attached hydrogens (tertiary/aromatic N) is 1. The molecule has 0 aliphatic rings. The Kier molecular flexibility index (Phi) is 6.25. The SMILES string of the molecule is COc1ccc(C(=O)NC(=S)Nc2ccc3oc(-c4cc(C)cc(C)c4)nc3c2)cc1Br. The first-order chi connectivity index (χ1) is 15.3. The van der Waals surface area contributed by atoms with Crippen molar-refractivity contribution in [1.82, 2.24) is 10.3 Å². The number of amides is 1. The largest absolute Gasteiger partial charge is 0.496 e. The second-order valence-electron chi connectivity index (χ2n) is 7.34. The number of anilines is 1. The number of thiocarbonyl (C=S) groups is 1. The van der Waals surface area contributed by atoms with E-state index in [0.717, 1.165) is 16.7 Å². The third-order valence-corrected chi connectivity index (χ3v) is 5.58. The molecule has 0 saturated carbocycles. The molecule has 8 heteroatoms. The minimum absolute atomic E-state index is 0.180. The maximum absolute atomic E-state index is 12.5. The molecule has 0 atom stereocenters. The number of fused-ring (bicyclic) bond motifs is 1. The van der Waals surface area contributed by atoms with Gasteiger partial charge in [-0.25, -0.2) is 4.98 Å². The highest BCUT2D eigenvalue weighted by molar-refractivity contribution is 9.10. The second-order valence-corrected chi connectivity index (χ2v) is 8.60. The lowest BCUT2D eigenvalue weighted by atomic mass is 10.1. The van der Waals surface area contributed by atoms with Gasteiger partial charge in [-0.1, -0.05) is 17.2 Å². The van der Waals surface area contributed by atoms with Gasteiger partial charge in [-0.15, -0.1) is 0 Å². The number of aromatic nitrogens is 1. The Balaban J connectivity index is 1.48. The van der Waals surface area contributed by atoms with Crippen molar-refractivity contribution in [3.05, 3.63) is 75.8 Å². The van der Waals surface area contributed by atoms with Crippen molar-refractivity contribution in [3.63, 3.8) is 0 Å². The molecule has 4 rings (SSSR count). The van der Waals surface area contributed by atoms with E-state index >= 15 is 0 Å². The number of hydrogen-bond acceptors (Lipinski definition) is 5. The Hall–Kier alpha value is -3.23. The molecule has 1 aromatic heterocycles. The first-order valence-electron chi connectivity index (χ1n) is 9.77. The Bertz CT molecular complexity index is 1330. The van der Waals surface area contributed by atoms with Gasteiger partial charge in [0.1, 0.15) is 11.3 Å². The topological polar surface area (TPSA) is 76.4 Å². The fourth-order valence-electron chi connectivity index (χ4n) is 3.37. The van der Waals surface area contributed by atoms with Crippen molar-refractivity contribution in [1.29, 1.82) is 0 Å². The second kappa shape index (κ2) is 9.10. The molecule has 0 unspecified atom stereocenters.